The molecule has 1 N–H and O–H groups in total. The van der Waals surface area contributed by atoms with Gasteiger partial charge in [-0.3, -0.25) is 9.59 Å². The number of amides is 2. The normalized spacial score (nSPS) is 31.5. The largest absolute Gasteiger partial charge is 0.497 e. The van der Waals surface area contributed by atoms with E-state index in [1.54, 1.807) is 12.0 Å². The second-order valence-electron chi connectivity index (χ2n) is 7.39. The van der Waals surface area contributed by atoms with E-state index in [1.165, 1.54) is 19.3 Å². The van der Waals surface area contributed by atoms with Gasteiger partial charge in [-0.2, -0.15) is 0 Å². The van der Waals surface area contributed by atoms with Gasteiger partial charge >= 0.3 is 0 Å². The van der Waals surface area contributed by atoms with Crippen LogP contribution in [-0.2, 0) is 9.59 Å². The van der Waals surface area contributed by atoms with Crippen molar-refractivity contribution in [3.63, 3.8) is 0 Å². The van der Waals surface area contributed by atoms with Gasteiger partial charge in [0.1, 0.15) is 5.75 Å². The first-order valence-electron chi connectivity index (χ1n) is 8.89. The van der Waals surface area contributed by atoms with E-state index in [4.69, 9.17) is 4.74 Å². The SMILES string of the molecule is COc1ccc(N2C[C@H](C(=O)N[C@H]3C[C@H]4CC[C@H]3C4)CC2=O)cc1. The summed E-state index contributed by atoms with van der Waals surface area (Å²) in [5, 5.41) is 3.23. The molecule has 1 aromatic carbocycles. The van der Waals surface area contributed by atoms with Gasteiger partial charge in [0, 0.05) is 24.7 Å². The fourth-order valence-electron chi connectivity index (χ4n) is 4.62. The molecule has 1 aromatic rings. The Bertz CT molecular complexity index is 643. The lowest BCUT2D eigenvalue weighted by Gasteiger charge is -2.24. The topological polar surface area (TPSA) is 58.6 Å². The third kappa shape index (κ3) is 2.76. The molecule has 0 spiro atoms. The number of carbonyl (C=O) groups excluding carboxylic acids is 2. The first-order valence-corrected chi connectivity index (χ1v) is 8.89. The number of nitrogens with one attached hydrogen (secondary N) is 1. The molecule has 24 heavy (non-hydrogen) atoms. The lowest BCUT2D eigenvalue weighted by atomic mass is 9.94. The van der Waals surface area contributed by atoms with E-state index >= 15 is 0 Å². The van der Waals surface area contributed by atoms with Crippen LogP contribution in [0, 0.1) is 17.8 Å². The first-order chi connectivity index (χ1) is 11.6. The number of fused-ring (bicyclic) bond motifs is 2. The van der Waals surface area contributed by atoms with Crippen LogP contribution >= 0.6 is 0 Å². The van der Waals surface area contributed by atoms with Gasteiger partial charge in [-0.25, -0.2) is 0 Å². The Labute approximate surface area is 142 Å². The van der Waals surface area contributed by atoms with E-state index in [9.17, 15) is 9.59 Å². The van der Waals surface area contributed by atoms with Crippen molar-refractivity contribution in [3.05, 3.63) is 24.3 Å². The van der Waals surface area contributed by atoms with Crippen molar-refractivity contribution in [1.29, 1.82) is 0 Å². The number of carbonyl (C=O) groups is 2. The average Bonchev–Trinajstić information content (AvgIpc) is 3.30. The van der Waals surface area contributed by atoms with E-state index < -0.39 is 0 Å². The minimum absolute atomic E-state index is 0.0215. The Morgan fingerprint density at radius 2 is 2.00 bits per heavy atom. The van der Waals surface area contributed by atoms with Crippen LogP contribution < -0.4 is 15.0 Å². The zero-order chi connectivity index (χ0) is 16.7. The fraction of sp³-hybridized carbons (Fsp3) is 0.579. The summed E-state index contributed by atoms with van der Waals surface area (Å²) in [5.74, 6) is 2.06. The summed E-state index contributed by atoms with van der Waals surface area (Å²) in [5.41, 5.74) is 0.830. The maximum atomic E-state index is 12.6. The predicted octanol–water partition coefficient (Wildman–Crippen LogP) is 2.35. The standard InChI is InChI=1S/C19H24N2O3/c1-24-16-6-4-15(5-7-16)21-11-14(10-18(21)22)19(23)20-17-9-12-2-3-13(17)8-12/h4-7,12-14,17H,2-3,8-11H2,1H3,(H,20,23)/t12-,13-,14+,17-/m0/s1. The van der Waals surface area contributed by atoms with Gasteiger partial charge in [0.25, 0.3) is 0 Å². The maximum absolute atomic E-state index is 12.6. The molecular weight excluding hydrogens is 304 g/mol. The molecule has 0 unspecified atom stereocenters. The number of methoxy groups -OCH3 is 1. The monoisotopic (exact) mass is 328 g/mol. The summed E-state index contributed by atoms with van der Waals surface area (Å²) in [6, 6.07) is 7.75. The molecule has 1 aliphatic heterocycles. The van der Waals surface area contributed by atoms with E-state index in [0.29, 0.717) is 24.9 Å². The molecule has 2 amide bonds. The molecule has 1 saturated heterocycles. The highest BCUT2D eigenvalue weighted by atomic mass is 16.5. The van der Waals surface area contributed by atoms with E-state index in [2.05, 4.69) is 5.32 Å². The molecule has 128 valence electrons. The summed E-state index contributed by atoms with van der Waals surface area (Å²) in [4.78, 5) is 26.6. The third-order valence-electron chi connectivity index (χ3n) is 5.95. The number of nitrogens with zero attached hydrogens (tertiary/aromatic N) is 1. The Kier molecular flexibility index (Phi) is 3.94. The molecular formula is C19H24N2O3. The molecule has 5 nitrogen and oxygen atoms in total. The molecule has 0 aromatic heterocycles. The number of hydrogen-bond donors (Lipinski definition) is 1. The Morgan fingerprint density at radius 1 is 1.21 bits per heavy atom. The maximum Gasteiger partial charge on any atom is 0.227 e. The van der Waals surface area contributed by atoms with E-state index in [-0.39, 0.29) is 17.7 Å². The highest BCUT2D eigenvalue weighted by Crippen LogP contribution is 2.44. The molecule has 2 bridgehead atoms. The summed E-state index contributed by atoms with van der Waals surface area (Å²) in [6.45, 7) is 0.470. The van der Waals surface area contributed by atoms with Crippen LogP contribution in [0.2, 0.25) is 0 Å². The number of anilines is 1. The van der Waals surface area contributed by atoms with Crippen LogP contribution in [0.3, 0.4) is 0 Å². The number of benzene rings is 1. The number of hydrogen-bond acceptors (Lipinski definition) is 3. The molecule has 2 saturated carbocycles. The predicted molar refractivity (Wildman–Crippen MR) is 90.8 cm³/mol. The second-order valence-corrected chi connectivity index (χ2v) is 7.39. The fourth-order valence-corrected chi connectivity index (χ4v) is 4.62. The zero-order valence-electron chi connectivity index (χ0n) is 14.0. The van der Waals surface area contributed by atoms with E-state index in [1.807, 2.05) is 24.3 Å². The average molecular weight is 328 g/mol. The minimum atomic E-state index is -0.237. The summed E-state index contributed by atoms with van der Waals surface area (Å²) in [7, 11) is 1.62. The first kappa shape index (κ1) is 15.5. The van der Waals surface area contributed by atoms with Crippen molar-refractivity contribution < 1.29 is 14.3 Å². The Balaban J connectivity index is 1.38. The molecule has 1 heterocycles. The highest BCUT2D eigenvalue weighted by Gasteiger charge is 2.42. The van der Waals surface area contributed by atoms with Crippen LogP contribution in [0.25, 0.3) is 0 Å². The van der Waals surface area contributed by atoms with E-state index in [0.717, 1.165) is 23.8 Å². The highest BCUT2D eigenvalue weighted by molar-refractivity contribution is 6.00. The summed E-state index contributed by atoms with van der Waals surface area (Å²) in [6.07, 6.45) is 5.27. The van der Waals surface area contributed by atoms with Crippen molar-refractivity contribution >= 4 is 17.5 Å². The lowest BCUT2D eigenvalue weighted by Crippen LogP contribution is -2.42. The van der Waals surface area contributed by atoms with Crippen molar-refractivity contribution in [3.8, 4) is 5.75 Å². The van der Waals surface area contributed by atoms with Crippen LogP contribution in [0.15, 0.2) is 24.3 Å². The molecule has 3 aliphatic rings. The van der Waals surface area contributed by atoms with Crippen molar-refractivity contribution in [1.82, 2.24) is 5.32 Å². The second kappa shape index (κ2) is 6.11. The molecule has 4 atom stereocenters. The molecule has 5 heteroatoms. The summed E-state index contributed by atoms with van der Waals surface area (Å²) >= 11 is 0. The smallest absolute Gasteiger partial charge is 0.227 e. The van der Waals surface area contributed by atoms with Crippen molar-refractivity contribution in [2.24, 2.45) is 17.8 Å². The molecule has 0 radical (unpaired) electrons. The summed E-state index contributed by atoms with van der Waals surface area (Å²) < 4.78 is 5.15. The number of rotatable bonds is 4. The van der Waals surface area contributed by atoms with Gasteiger partial charge in [0.2, 0.25) is 11.8 Å². The van der Waals surface area contributed by atoms with Crippen LogP contribution in [-0.4, -0.2) is 31.5 Å². The van der Waals surface area contributed by atoms with Crippen molar-refractivity contribution in [2.45, 2.75) is 38.1 Å². The third-order valence-corrected chi connectivity index (χ3v) is 5.95. The van der Waals surface area contributed by atoms with Gasteiger partial charge in [-0.1, -0.05) is 6.42 Å². The van der Waals surface area contributed by atoms with Gasteiger partial charge in [0.15, 0.2) is 0 Å². The van der Waals surface area contributed by atoms with Gasteiger partial charge in [-0.15, -0.1) is 0 Å². The molecule has 4 rings (SSSR count). The minimum Gasteiger partial charge on any atom is -0.497 e. The zero-order valence-corrected chi connectivity index (χ0v) is 14.0. The Morgan fingerprint density at radius 3 is 2.62 bits per heavy atom. The van der Waals surface area contributed by atoms with Crippen molar-refractivity contribution in [2.75, 3.05) is 18.6 Å². The van der Waals surface area contributed by atoms with Crippen LogP contribution in [0.5, 0.6) is 5.75 Å². The van der Waals surface area contributed by atoms with Crippen LogP contribution in [0.4, 0.5) is 5.69 Å². The number of ether oxygens (including phenoxy) is 1. The lowest BCUT2D eigenvalue weighted by molar-refractivity contribution is -0.127. The quantitative estimate of drug-likeness (QED) is 0.923. The molecule has 3 fully saturated rings. The van der Waals surface area contributed by atoms with Gasteiger partial charge in [-0.05, 0) is 55.4 Å². The van der Waals surface area contributed by atoms with Gasteiger partial charge < -0.3 is 15.0 Å². The van der Waals surface area contributed by atoms with Crippen LogP contribution in [0.1, 0.15) is 32.1 Å². The van der Waals surface area contributed by atoms with Gasteiger partial charge in [0.05, 0.1) is 13.0 Å². The molecule has 2 aliphatic carbocycles. The Hall–Kier alpha value is -2.04.